The first kappa shape index (κ1) is 16.7. The monoisotopic (exact) mass is 366 g/mol. The molecule has 1 aliphatic heterocycles. The third kappa shape index (κ3) is 3.58. The molecule has 1 aliphatic rings. The predicted molar refractivity (Wildman–Crippen MR) is 88.7 cm³/mol. The third-order valence-corrected chi connectivity index (χ3v) is 4.49. The van der Waals surface area contributed by atoms with Gasteiger partial charge >= 0.3 is 0 Å². The number of likely N-dealkylation sites (tertiary alicyclic amines) is 1. The number of nitrogens with zero attached hydrogens (tertiary/aromatic N) is 3. The van der Waals surface area contributed by atoms with Crippen LogP contribution in [0.3, 0.4) is 0 Å². The van der Waals surface area contributed by atoms with Crippen LogP contribution in [0.2, 0.25) is 0 Å². The van der Waals surface area contributed by atoms with Crippen molar-refractivity contribution in [3.05, 3.63) is 22.5 Å². The maximum Gasteiger partial charge on any atom is 0.204 e. The van der Waals surface area contributed by atoms with Crippen LogP contribution in [-0.2, 0) is 0 Å². The molecule has 0 bridgehead atoms. The summed E-state index contributed by atoms with van der Waals surface area (Å²) in [5.74, 6) is 1.12. The van der Waals surface area contributed by atoms with Crippen LogP contribution in [0.25, 0.3) is 11.0 Å². The normalized spacial score (nSPS) is 16.0. The molecule has 6 nitrogen and oxygen atoms in total. The Morgan fingerprint density at radius 3 is 2.77 bits per heavy atom. The van der Waals surface area contributed by atoms with Crippen molar-refractivity contribution >= 4 is 32.7 Å². The largest absolute Gasteiger partial charge is 0.444 e. The molecule has 3 rings (SSSR count). The van der Waals surface area contributed by atoms with Crippen molar-refractivity contribution in [3.63, 3.8) is 0 Å². The molecule has 0 aliphatic carbocycles. The van der Waals surface area contributed by atoms with Gasteiger partial charge in [-0.15, -0.1) is 0 Å². The van der Waals surface area contributed by atoms with Crippen molar-refractivity contribution < 1.29 is 9.52 Å². The molecule has 3 heterocycles. The van der Waals surface area contributed by atoms with E-state index in [1.807, 2.05) is 6.07 Å². The van der Waals surface area contributed by atoms with Crippen molar-refractivity contribution in [1.82, 2.24) is 9.88 Å². The fraction of sp³-hybridized carbons (Fsp3) is 0.467. The van der Waals surface area contributed by atoms with Crippen molar-refractivity contribution in [2.45, 2.75) is 18.9 Å². The van der Waals surface area contributed by atoms with Crippen molar-refractivity contribution in [2.24, 2.45) is 0 Å². The number of hydrogen-bond acceptors (Lipinski definition) is 6. The molecule has 7 heteroatoms. The summed E-state index contributed by atoms with van der Waals surface area (Å²) in [6.45, 7) is 2.20. The highest BCUT2D eigenvalue weighted by Crippen LogP contribution is 2.32. The maximum absolute atomic E-state index is 8.88. The summed E-state index contributed by atoms with van der Waals surface area (Å²) in [6.07, 6.45) is 3.88. The number of aliphatic hydroxyl groups is 1. The molecule has 0 atom stereocenters. The fourth-order valence-corrected chi connectivity index (χ4v) is 3.01. The summed E-state index contributed by atoms with van der Waals surface area (Å²) in [4.78, 5) is 6.72. The minimum absolute atomic E-state index is 0.305. The van der Waals surface area contributed by atoms with Crippen LogP contribution in [0.15, 0.2) is 21.2 Å². The number of nitrogens with one attached hydrogen (secondary N) is 1. The smallest absolute Gasteiger partial charge is 0.204 e. The standard InChI is InChI=1S/C14H15BrN4O.CH4O/c1-19-4-2-9(3-5-19)18-14-13(15)11-6-10(7-16)20-12(11)8-17-14;1-2/h6,8-9H,2-5H2,1H3,(H,17,18);2H,1H3. The lowest BCUT2D eigenvalue weighted by atomic mass is 10.1. The van der Waals surface area contributed by atoms with E-state index in [4.69, 9.17) is 14.8 Å². The lowest BCUT2D eigenvalue weighted by molar-refractivity contribution is 0.263. The van der Waals surface area contributed by atoms with E-state index in [9.17, 15) is 0 Å². The number of halogens is 1. The number of furan rings is 1. The second kappa shape index (κ2) is 7.58. The number of aliphatic hydroxyl groups excluding tert-OH is 1. The molecule has 0 unspecified atom stereocenters. The number of hydrogen-bond donors (Lipinski definition) is 2. The molecule has 1 fully saturated rings. The van der Waals surface area contributed by atoms with Crippen LogP contribution in [0, 0.1) is 11.3 Å². The Morgan fingerprint density at radius 2 is 2.14 bits per heavy atom. The fourth-order valence-electron chi connectivity index (χ4n) is 2.48. The first-order valence-electron chi connectivity index (χ1n) is 7.05. The molecule has 1 saturated heterocycles. The summed E-state index contributed by atoms with van der Waals surface area (Å²) in [6, 6.07) is 4.18. The predicted octanol–water partition coefficient (Wildman–Crippen LogP) is 2.58. The zero-order valence-corrected chi connectivity index (χ0v) is 14.2. The van der Waals surface area contributed by atoms with Gasteiger partial charge in [0, 0.05) is 24.6 Å². The second-order valence-corrected chi connectivity index (χ2v) is 5.94. The molecule has 118 valence electrons. The van der Waals surface area contributed by atoms with Crippen molar-refractivity contribution in [1.29, 1.82) is 5.26 Å². The molecule has 22 heavy (non-hydrogen) atoms. The van der Waals surface area contributed by atoms with Gasteiger partial charge in [-0.05, 0) is 48.9 Å². The quantitative estimate of drug-likeness (QED) is 0.849. The summed E-state index contributed by atoms with van der Waals surface area (Å²) < 4.78 is 6.23. The van der Waals surface area contributed by atoms with E-state index in [-0.39, 0.29) is 0 Å². The molecular weight excluding hydrogens is 348 g/mol. The van der Waals surface area contributed by atoms with Crippen LogP contribution in [0.1, 0.15) is 18.6 Å². The lowest BCUT2D eigenvalue weighted by Gasteiger charge is -2.30. The van der Waals surface area contributed by atoms with Gasteiger partial charge in [-0.25, -0.2) is 4.98 Å². The van der Waals surface area contributed by atoms with E-state index < -0.39 is 0 Å². The number of fused-ring (bicyclic) bond motifs is 1. The summed E-state index contributed by atoms with van der Waals surface area (Å²) in [7, 11) is 3.14. The van der Waals surface area contributed by atoms with Crippen LogP contribution in [-0.4, -0.2) is 48.3 Å². The average molecular weight is 367 g/mol. The van der Waals surface area contributed by atoms with Gasteiger partial charge in [-0.1, -0.05) is 0 Å². The zero-order chi connectivity index (χ0) is 16.1. The molecule has 0 radical (unpaired) electrons. The van der Waals surface area contributed by atoms with Gasteiger partial charge < -0.3 is 19.7 Å². The Morgan fingerprint density at radius 1 is 1.45 bits per heavy atom. The van der Waals surface area contributed by atoms with Crippen LogP contribution < -0.4 is 5.32 Å². The maximum atomic E-state index is 8.88. The molecule has 2 aromatic heterocycles. The van der Waals surface area contributed by atoms with Crippen LogP contribution in [0.4, 0.5) is 5.82 Å². The molecule has 0 amide bonds. The summed E-state index contributed by atoms with van der Waals surface area (Å²) in [5.41, 5.74) is 0.627. The highest BCUT2D eigenvalue weighted by molar-refractivity contribution is 9.10. The highest BCUT2D eigenvalue weighted by Gasteiger charge is 2.19. The van der Waals surface area contributed by atoms with Gasteiger partial charge in [-0.3, -0.25) is 0 Å². The van der Waals surface area contributed by atoms with E-state index >= 15 is 0 Å². The number of anilines is 1. The van der Waals surface area contributed by atoms with Gasteiger partial charge in [-0.2, -0.15) is 5.26 Å². The summed E-state index contributed by atoms with van der Waals surface area (Å²) in [5, 5.41) is 20.2. The summed E-state index contributed by atoms with van der Waals surface area (Å²) >= 11 is 3.56. The van der Waals surface area contributed by atoms with Gasteiger partial charge in [0.15, 0.2) is 5.58 Å². The molecule has 0 aromatic carbocycles. The number of piperidine rings is 1. The number of aromatic nitrogens is 1. The Labute approximate surface area is 137 Å². The first-order valence-corrected chi connectivity index (χ1v) is 7.84. The molecule has 0 spiro atoms. The van der Waals surface area contributed by atoms with E-state index in [0.29, 0.717) is 17.4 Å². The molecular formula is C15H19BrN4O2. The van der Waals surface area contributed by atoms with Gasteiger partial charge in [0.1, 0.15) is 11.9 Å². The lowest BCUT2D eigenvalue weighted by Crippen LogP contribution is -2.36. The molecule has 0 saturated carbocycles. The Bertz CT molecular complexity index is 672. The minimum atomic E-state index is 0.305. The molecule has 2 aromatic rings. The second-order valence-electron chi connectivity index (χ2n) is 5.14. The highest BCUT2D eigenvalue weighted by atomic mass is 79.9. The van der Waals surface area contributed by atoms with Crippen molar-refractivity contribution in [3.8, 4) is 6.07 Å². The van der Waals surface area contributed by atoms with E-state index in [1.165, 1.54) is 0 Å². The number of rotatable bonds is 2. The number of pyridine rings is 1. The van der Waals surface area contributed by atoms with Crippen LogP contribution >= 0.6 is 15.9 Å². The van der Waals surface area contributed by atoms with Crippen molar-refractivity contribution in [2.75, 3.05) is 32.6 Å². The third-order valence-electron chi connectivity index (χ3n) is 3.69. The van der Waals surface area contributed by atoms with Gasteiger partial charge in [0.05, 0.1) is 10.7 Å². The van der Waals surface area contributed by atoms with Gasteiger partial charge in [0.2, 0.25) is 5.76 Å². The number of nitriles is 1. The first-order chi connectivity index (χ1) is 10.7. The SMILES string of the molecule is CN1CCC(Nc2ncc3oc(C#N)cc3c2Br)CC1.CO. The average Bonchev–Trinajstić information content (AvgIpc) is 2.98. The molecule has 2 N–H and O–H groups in total. The Kier molecular flexibility index (Phi) is 5.77. The van der Waals surface area contributed by atoms with E-state index in [2.05, 4.69) is 38.2 Å². The Balaban J connectivity index is 0.000000847. The Hall–Kier alpha value is -1.62. The topological polar surface area (TPSA) is 85.3 Å². The van der Waals surface area contributed by atoms with E-state index in [1.54, 1.807) is 12.3 Å². The van der Waals surface area contributed by atoms with Gasteiger partial charge in [0.25, 0.3) is 0 Å². The van der Waals surface area contributed by atoms with Crippen LogP contribution in [0.5, 0.6) is 0 Å². The zero-order valence-electron chi connectivity index (χ0n) is 12.6. The minimum Gasteiger partial charge on any atom is -0.444 e. The van der Waals surface area contributed by atoms with E-state index in [0.717, 1.165) is 48.7 Å².